The number of rotatable bonds is 6. The van der Waals surface area contributed by atoms with Crippen LogP contribution >= 0.6 is 0 Å². The highest BCUT2D eigenvalue weighted by molar-refractivity contribution is 5.95. The quantitative estimate of drug-likeness (QED) is 0.300. The molecule has 2 N–H and O–H groups in total. The first-order valence-corrected chi connectivity index (χ1v) is 11.8. The summed E-state index contributed by atoms with van der Waals surface area (Å²) in [5.74, 6) is -0.228. The third kappa shape index (κ3) is 3.85. The van der Waals surface area contributed by atoms with Crippen molar-refractivity contribution in [2.45, 2.75) is 11.5 Å². The second-order valence-corrected chi connectivity index (χ2v) is 8.60. The number of benzene rings is 4. The predicted octanol–water partition coefficient (Wildman–Crippen LogP) is 5.41. The van der Waals surface area contributed by atoms with E-state index in [-0.39, 0.29) is 5.82 Å². The number of nitrogens with zero attached hydrogens (tertiary/aromatic N) is 2. The molecule has 5 nitrogen and oxygen atoms in total. The van der Waals surface area contributed by atoms with E-state index in [4.69, 9.17) is 15.6 Å². The molecule has 1 aliphatic rings. The maximum absolute atomic E-state index is 13.5. The summed E-state index contributed by atoms with van der Waals surface area (Å²) < 4.78 is 5.34. The highest BCUT2D eigenvalue weighted by Gasteiger charge is 2.58. The SMILES string of the molecule is COC(=O)C1=C(N)N(/N=C/c2ccccc2)C(c2ccccc2)C1(c1ccccc1)c1ccccc1. The van der Waals surface area contributed by atoms with Crippen LogP contribution in [0.4, 0.5) is 0 Å². The van der Waals surface area contributed by atoms with Crippen LogP contribution in [0, 0.1) is 0 Å². The number of methoxy groups -OCH3 is 1. The number of hydrazone groups is 1. The smallest absolute Gasteiger partial charge is 0.338 e. The van der Waals surface area contributed by atoms with Crippen LogP contribution in [0.25, 0.3) is 0 Å². The van der Waals surface area contributed by atoms with Crippen molar-refractivity contribution in [1.82, 2.24) is 5.01 Å². The zero-order chi connectivity index (χ0) is 25.0. The van der Waals surface area contributed by atoms with Crippen molar-refractivity contribution < 1.29 is 9.53 Å². The number of ether oxygens (including phenoxy) is 1. The summed E-state index contributed by atoms with van der Waals surface area (Å²) in [6, 6.07) is 39.4. The third-order valence-corrected chi connectivity index (χ3v) is 6.65. The predicted molar refractivity (Wildman–Crippen MR) is 142 cm³/mol. The molecule has 1 aliphatic heterocycles. The van der Waals surface area contributed by atoms with Crippen molar-refractivity contribution in [3.05, 3.63) is 155 Å². The maximum Gasteiger partial charge on any atom is 0.338 e. The molecular weight excluding hydrogens is 446 g/mol. The second kappa shape index (κ2) is 9.92. The fraction of sp³-hybridized carbons (Fsp3) is 0.0968. The van der Waals surface area contributed by atoms with Crippen LogP contribution < -0.4 is 5.73 Å². The number of carbonyl (C=O) groups excluding carboxylic acids is 1. The van der Waals surface area contributed by atoms with Gasteiger partial charge in [-0.15, -0.1) is 0 Å². The van der Waals surface area contributed by atoms with Crippen molar-refractivity contribution in [3.63, 3.8) is 0 Å². The summed E-state index contributed by atoms with van der Waals surface area (Å²) in [7, 11) is 1.39. The Hall–Kier alpha value is -4.64. The molecule has 0 aromatic heterocycles. The number of hydrogen-bond donors (Lipinski definition) is 1. The van der Waals surface area contributed by atoms with E-state index >= 15 is 0 Å². The Kier molecular flexibility index (Phi) is 6.37. The standard InChI is InChI=1S/C31H27N3O2/c1-36-30(35)27-29(32)34(33-22-23-14-6-2-7-15-23)28(24-16-8-3-9-17-24)31(27,25-18-10-4-11-19-25)26-20-12-5-13-21-26/h2-22,28H,32H2,1H3/b33-22+. The lowest BCUT2D eigenvalue weighted by atomic mass is 9.64. The molecule has 0 spiro atoms. The molecule has 1 unspecified atom stereocenters. The van der Waals surface area contributed by atoms with Crippen LogP contribution in [0.3, 0.4) is 0 Å². The van der Waals surface area contributed by atoms with Crippen molar-refractivity contribution >= 4 is 12.2 Å². The van der Waals surface area contributed by atoms with Crippen LogP contribution in [0.1, 0.15) is 28.3 Å². The van der Waals surface area contributed by atoms with Crippen molar-refractivity contribution in [2.75, 3.05) is 7.11 Å². The van der Waals surface area contributed by atoms with Gasteiger partial charge in [-0.3, -0.25) is 0 Å². The van der Waals surface area contributed by atoms with Crippen molar-refractivity contribution in [1.29, 1.82) is 0 Å². The van der Waals surface area contributed by atoms with Gasteiger partial charge in [0.1, 0.15) is 5.82 Å². The first kappa shape index (κ1) is 23.1. The number of nitrogens with two attached hydrogens (primary N) is 1. The van der Waals surface area contributed by atoms with Gasteiger partial charge in [-0.1, -0.05) is 121 Å². The van der Waals surface area contributed by atoms with Gasteiger partial charge in [0.25, 0.3) is 0 Å². The molecule has 0 saturated carbocycles. The molecule has 0 radical (unpaired) electrons. The van der Waals surface area contributed by atoms with E-state index in [2.05, 4.69) is 0 Å². The van der Waals surface area contributed by atoms with E-state index in [9.17, 15) is 4.79 Å². The minimum atomic E-state index is -0.977. The lowest BCUT2D eigenvalue weighted by molar-refractivity contribution is -0.136. The van der Waals surface area contributed by atoms with Gasteiger partial charge in [-0.05, 0) is 22.3 Å². The first-order chi connectivity index (χ1) is 17.7. The molecular formula is C31H27N3O2. The molecule has 36 heavy (non-hydrogen) atoms. The summed E-state index contributed by atoms with van der Waals surface area (Å²) >= 11 is 0. The molecule has 0 amide bonds. The Morgan fingerprint density at radius 3 is 1.78 bits per heavy atom. The molecule has 0 aliphatic carbocycles. The molecule has 0 saturated heterocycles. The van der Waals surface area contributed by atoms with E-state index in [0.29, 0.717) is 5.57 Å². The van der Waals surface area contributed by atoms with Gasteiger partial charge in [0.2, 0.25) is 0 Å². The van der Waals surface area contributed by atoms with Crippen LogP contribution in [-0.4, -0.2) is 24.3 Å². The highest BCUT2D eigenvalue weighted by atomic mass is 16.5. The Morgan fingerprint density at radius 1 is 0.806 bits per heavy atom. The average Bonchev–Trinajstić information content (AvgIpc) is 3.22. The van der Waals surface area contributed by atoms with Gasteiger partial charge in [-0.2, -0.15) is 5.10 Å². The summed E-state index contributed by atoms with van der Waals surface area (Å²) in [5.41, 5.74) is 9.96. The maximum atomic E-state index is 13.5. The highest BCUT2D eigenvalue weighted by Crippen LogP contribution is 2.57. The van der Waals surface area contributed by atoms with Crippen molar-refractivity contribution in [3.8, 4) is 0 Å². The normalized spacial score (nSPS) is 16.9. The molecule has 178 valence electrons. The van der Waals surface area contributed by atoms with E-state index in [1.807, 2.05) is 121 Å². The monoisotopic (exact) mass is 473 g/mol. The Morgan fingerprint density at radius 2 is 1.28 bits per heavy atom. The number of esters is 1. The molecule has 0 bridgehead atoms. The number of hydrogen-bond acceptors (Lipinski definition) is 5. The molecule has 5 heteroatoms. The van der Waals surface area contributed by atoms with Gasteiger partial charge in [0.15, 0.2) is 0 Å². The van der Waals surface area contributed by atoms with Crippen molar-refractivity contribution in [2.24, 2.45) is 10.8 Å². The van der Waals surface area contributed by atoms with Crippen LogP contribution in [-0.2, 0) is 14.9 Å². The van der Waals surface area contributed by atoms with Gasteiger partial charge in [0, 0.05) is 0 Å². The Balaban J connectivity index is 1.85. The van der Waals surface area contributed by atoms with Crippen LogP contribution in [0.5, 0.6) is 0 Å². The molecule has 5 rings (SSSR count). The topological polar surface area (TPSA) is 67.9 Å². The molecule has 0 fully saturated rings. The number of carbonyl (C=O) groups is 1. The largest absolute Gasteiger partial charge is 0.466 e. The third-order valence-electron chi connectivity index (χ3n) is 6.65. The fourth-order valence-corrected chi connectivity index (χ4v) is 5.14. The first-order valence-electron chi connectivity index (χ1n) is 11.8. The molecule has 1 heterocycles. The summed E-state index contributed by atoms with van der Waals surface area (Å²) in [6.07, 6.45) is 1.77. The van der Waals surface area contributed by atoms with E-state index < -0.39 is 17.4 Å². The zero-order valence-corrected chi connectivity index (χ0v) is 20.0. The Labute approximate surface area is 211 Å². The molecule has 1 atom stereocenters. The Bertz CT molecular complexity index is 1350. The summed E-state index contributed by atoms with van der Waals surface area (Å²) in [4.78, 5) is 13.5. The van der Waals surface area contributed by atoms with Crippen LogP contribution in [0.15, 0.2) is 138 Å². The lowest BCUT2D eigenvalue weighted by Crippen LogP contribution is -2.40. The summed E-state index contributed by atoms with van der Waals surface area (Å²) in [5, 5.41) is 6.62. The van der Waals surface area contributed by atoms with E-state index in [1.54, 1.807) is 11.2 Å². The van der Waals surface area contributed by atoms with Gasteiger partial charge >= 0.3 is 5.97 Å². The minimum Gasteiger partial charge on any atom is -0.466 e. The van der Waals surface area contributed by atoms with Gasteiger partial charge in [0.05, 0.1) is 30.4 Å². The van der Waals surface area contributed by atoms with Crippen LogP contribution in [0.2, 0.25) is 0 Å². The molecule has 4 aromatic rings. The van der Waals surface area contributed by atoms with Gasteiger partial charge < -0.3 is 10.5 Å². The molecule has 4 aromatic carbocycles. The lowest BCUT2D eigenvalue weighted by Gasteiger charge is -2.40. The van der Waals surface area contributed by atoms with E-state index in [0.717, 1.165) is 22.3 Å². The second-order valence-electron chi connectivity index (χ2n) is 8.60. The zero-order valence-electron chi connectivity index (χ0n) is 20.0. The fourth-order valence-electron chi connectivity index (χ4n) is 5.14. The van der Waals surface area contributed by atoms with E-state index in [1.165, 1.54) is 7.11 Å². The van der Waals surface area contributed by atoms with Gasteiger partial charge in [-0.25, -0.2) is 9.80 Å². The minimum absolute atomic E-state index is 0.260. The average molecular weight is 474 g/mol. The summed E-state index contributed by atoms with van der Waals surface area (Å²) in [6.45, 7) is 0.